The average Bonchev–Trinajstić information content (AvgIpc) is 2.97. The van der Waals surface area contributed by atoms with Crippen molar-refractivity contribution in [2.75, 3.05) is 13.2 Å². The Morgan fingerprint density at radius 2 is 2.04 bits per heavy atom. The molecule has 1 aliphatic carbocycles. The van der Waals surface area contributed by atoms with Crippen molar-refractivity contribution in [2.24, 2.45) is 5.92 Å². The van der Waals surface area contributed by atoms with Crippen LogP contribution in [-0.4, -0.2) is 43.0 Å². The number of carboxylic acids is 1. The molecule has 1 aromatic carbocycles. The predicted molar refractivity (Wildman–Crippen MR) is 88.8 cm³/mol. The van der Waals surface area contributed by atoms with Crippen molar-refractivity contribution in [2.45, 2.75) is 43.0 Å². The molecule has 1 atom stereocenters. The Balaban J connectivity index is 1.90. The van der Waals surface area contributed by atoms with Gasteiger partial charge in [0.1, 0.15) is 16.7 Å². The quantitative estimate of drug-likeness (QED) is 0.828. The molecule has 3 rings (SSSR count). The van der Waals surface area contributed by atoms with E-state index in [0.717, 1.165) is 17.1 Å². The minimum Gasteiger partial charge on any atom is -0.492 e. The van der Waals surface area contributed by atoms with E-state index >= 15 is 0 Å². The van der Waals surface area contributed by atoms with Crippen LogP contribution in [0.5, 0.6) is 5.75 Å². The summed E-state index contributed by atoms with van der Waals surface area (Å²) >= 11 is 5.97. The van der Waals surface area contributed by atoms with Gasteiger partial charge >= 0.3 is 5.97 Å². The highest BCUT2D eigenvalue weighted by Gasteiger charge is 2.40. The second-order valence-corrected chi connectivity index (χ2v) is 8.61. The number of nitrogens with zero attached hydrogens (tertiary/aromatic N) is 1. The van der Waals surface area contributed by atoms with E-state index in [1.54, 1.807) is 12.1 Å². The summed E-state index contributed by atoms with van der Waals surface area (Å²) < 4.78 is 32.7. The molecule has 2 fully saturated rings. The van der Waals surface area contributed by atoms with E-state index in [-0.39, 0.29) is 22.2 Å². The second kappa shape index (κ2) is 6.90. The molecule has 0 aromatic heterocycles. The molecule has 132 valence electrons. The van der Waals surface area contributed by atoms with Crippen molar-refractivity contribution in [1.82, 2.24) is 4.31 Å². The normalized spacial score (nSPS) is 22.3. The molecule has 0 radical (unpaired) electrons. The van der Waals surface area contributed by atoms with Crippen LogP contribution in [0.4, 0.5) is 0 Å². The van der Waals surface area contributed by atoms with Gasteiger partial charge in [0.15, 0.2) is 0 Å². The fourth-order valence-corrected chi connectivity index (χ4v) is 5.12. The largest absolute Gasteiger partial charge is 0.492 e. The first-order valence-electron chi connectivity index (χ1n) is 8.06. The molecular formula is C16H20ClNO5S. The number of carboxylic acid groups (broad SMARTS) is 1. The van der Waals surface area contributed by atoms with Gasteiger partial charge < -0.3 is 9.84 Å². The maximum atomic E-state index is 13.0. The first kappa shape index (κ1) is 17.5. The van der Waals surface area contributed by atoms with Gasteiger partial charge in [-0.05, 0) is 49.8 Å². The van der Waals surface area contributed by atoms with Crippen LogP contribution in [0.15, 0.2) is 23.1 Å². The Morgan fingerprint density at radius 1 is 1.29 bits per heavy atom. The zero-order chi connectivity index (χ0) is 17.3. The topological polar surface area (TPSA) is 83.9 Å². The molecule has 1 N–H and O–H groups in total. The molecule has 1 saturated heterocycles. The average molecular weight is 374 g/mol. The van der Waals surface area contributed by atoms with Crippen LogP contribution in [0.1, 0.15) is 32.1 Å². The lowest BCUT2D eigenvalue weighted by atomic mass is 9.86. The lowest BCUT2D eigenvalue weighted by molar-refractivity contribution is -0.140. The van der Waals surface area contributed by atoms with E-state index in [1.165, 1.54) is 12.5 Å². The van der Waals surface area contributed by atoms with Gasteiger partial charge in [0.25, 0.3) is 0 Å². The molecule has 1 aromatic rings. The minimum atomic E-state index is -3.98. The molecule has 0 amide bonds. The molecule has 1 heterocycles. The van der Waals surface area contributed by atoms with Crippen molar-refractivity contribution in [1.29, 1.82) is 0 Å². The van der Waals surface area contributed by atoms with Crippen LogP contribution in [-0.2, 0) is 14.8 Å². The molecule has 1 saturated carbocycles. The molecular weight excluding hydrogens is 354 g/mol. The summed E-state index contributed by atoms with van der Waals surface area (Å²) in [6.45, 7) is 0.653. The highest BCUT2D eigenvalue weighted by Crippen LogP contribution is 2.35. The highest BCUT2D eigenvalue weighted by molar-refractivity contribution is 7.89. The number of halogens is 1. The Labute approximate surface area is 146 Å². The van der Waals surface area contributed by atoms with Crippen LogP contribution >= 0.6 is 11.6 Å². The third-order valence-corrected chi connectivity index (χ3v) is 6.84. The highest BCUT2D eigenvalue weighted by atomic mass is 35.5. The summed E-state index contributed by atoms with van der Waals surface area (Å²) in [7, 11) is -3.98. The van der Waals surface area contributed by atoms with Crippen molar-refractivity contribution in [3.8, 4) is 5.75 Å². The first-order chi connectivity index (χ1) is 11.4. The van der Waals surface area contributed by atoms with E-state index < -0.39 is 22.0 Å². The zero-order valence-corrected chi connectivity index (χ0v) is 14.7. The summed E-state index contributed by atoms with van der Waals surface area (Å²) in [5, 5.41) is 9.54. The molecule has 2 aliphatic rings. The Morgan fingerprint density at radius 3 is 2.67 bits per heavy atom. The summed E-state index contributed by atoms with van der Waals surface area (Å²) in [6.07, 6.45) is 4.18. The number of rotatable bonds is 6. The summed E-state index contributed by atoms with van der Waals surface area (Å²) in [4.78, 5) is 11.3. The van der Waals surface area contributed by atoms with E-state index in [9.17, 15) is 18.3 Å². The molecule has 8 heteroatoms. The monoisotopic (exact) mass is 373 g/mol. The summed E-state index contributed by atoms with van der Waals surface area (Å²) in [5.74, 6) is -0.438. The summed E-state index contributed by atoms with van der Waals surface area (Å²) in [5.41, 5.74) is 0. The number of hydrogen-bond donors (Lipinski definition) is 1. The zero-order valence-electron chi connectivity index (χ0n) is 13.2. The number of aliphatic carboxylic acids is 1. The molecule has 0 bridgehead atoms. The van der Waals surface area contributed by atoms with Gasteiger partial charge in [-0.3, -0.25) is 4.79 Å². The molecule has 1 unspecified atom stereocenters. The third kappa shape index (κ3) is 3.38. The lowest BCUT2D eigenvalue weighted by Crippen LogP contribution is -2.40. The van der Waals surface area contributed by atoms with Gasteiger partial charge in [0, 0.05) is 11.6 Å². The standard InChI is InChI=1S/C16H20ClNO5S/c17-12-6-7-14(23-10-11-3-1-4-11)15(9-12)24(21,22)18-8-2-5-13(18)16(19)20/h6-7,9,11,13H,1-5,8,10H2,(H,19,20). The first-order valence-corrected chi connectivity index (χ1v) is 9.88. The number of benzene rings is 1. The number of ether oxygens (including phenoxy) is 1. The number of hydrogen-bond acceptors (Lipinski definition) is 4. The summed E-state index contributed by atoms with van der Waals surface area (Å²) in [6, 6.07) is 3.42. The predicted octanol–water partition coefficient (Wildman–Crippen LogP) is 2.76. The smallest absolute Gasteiger partial charge is 0.322 e. The molecule has 0 spiro atoms. The van der Waals surface area contributed by atoms with Crippen LogP contribution in [0.2, 0.25) is 5.02 Å². The SMILES string of the molecule is O=C(O)C1CCCN1S(=O)(=O)c1cc(Cl)ccc1OCC1CCC1. The van der Waals surface area contributed by atoms with E-state index in [1.807, 2.05) is 0 Å². The van der Waals surface area contributed by atoms with Gasteiger partial charge in [-0.15, -0.1) is 0 Å². The fourth-order valence-electron chi connectivity index (χ4n) is 3.07. The Hall–Kier alpha value is -1.31. The van der Waals surface area contributed by atoms with Crippen LogP contribution < -0.4 is 4.74 Å². The maximum Gasteiger partial charge on any atom is 0.322 e. The minimum absolute atomic E-state index is 0.0533. The molecule has 1 aliphatic heterocycles. The molecule has 24 heavy (non-hydrogen) atoms. The van der Waals surface area contributed by atoms with Gasteiger partial charge in [-0.1, -0.05) is 18.0 Å². The van der Waals surface area contributed by atoms with Gasteiger partial charge in [-0.2, -0.15) is 4.31 Å². The van der Waals surface area contributed by atoms with Crippen LogP contribution in [0.3, 0.4) is 0 Å². The second-order valence-electron chi connectivity index (χ2n) is 6.31. The molecule has 6 nitrogen and oxygen atoms in total. The Kier molecular flexibility index (Phi) is 5.03. The van der Waals surface area contributed by atoms with E-state index in [2.05, 4.69) is 0 Å². The van der Waals surface area contributed by atoms with Crippen molar-refractivity contribution in [3.63, 3.8) is 0 Å². The van der Waals surface area contributed by atoms with Crippen molar-refractivity contribution >= 4 is 27.6 Å². The lowest BCUT2D eigenvalue weighted by Gasteiger charge is -2.26. The fraction of sp³-hybridized carbons (Fsp3) is 0.562. The Bertz CT molecular complexity index is 732. The number of sulfonamides is 1. The van der Waals surface area contributed by atoms with Crippen molar-refractivity contribution in [3.05, 3.63) is 23.2 Å². The van der Waals surface area contributed by atoms with Crippen LogP contribution in [0.25, 0.3) is 0 Å². The van der Waals surface area contributed by atoms with E-state index in [4.69, 9.17) is 16.3 Å². The van der Waals surface area contributed by atoms with Crippen LogP contribution in [0, 0.1) is 5.92 Å². The third-order valence-electron chi connectivity index (χ3n) is 4.68. The van der Waals surface area contributed by atoms with Gasteiger partial charge in [0.2, 0.25) is 10.0 Å². The number of carbonyl (C=O) groups is 1. The van der Waals surface area contributed by atoms with Gasteiger partial charge in [0.05, 0.1) is 6.61 Å². The van der Waals surface area contributed by atoms with Crippen molar-refractivity contribution < 1.29 is 23.1 Å². The van der Waals surface area contributed by atoms with Gasteiger partial charge in [-0.25, -0.2) is 8.42 Å². The van der Waals surface area contributed by atoms with E-state index in [0.29, 0.717) is 25.4 Å². The maximum absolute atomic E-state index is 13.0.